The van der Waals surface area contributed by atoms with Crippen LogP contribution in [0.3, 0.4) is 0 Å². The van der Waals surface area contributed by atoms with Crippen molar-refractivity contribution in [1.82, 2.24) is 9.55 Å². The zero-order valence-electron chi connectivity index (χ0n) is 12.3. The molecular weight excluding hydrogens is 294 g/mol. The van der Waals surface area contributed by atoms with Crippen LogP contribution in [0.5, 0.6) is 0 Å². The van der Waals surface area contributed by atoms with Gasteiger partial charge in [-0.1, -0.05) is 6.07 Å². The molecule has 2 aromatic heterocycles. The number of nitrogens with one attached hydrogen (secondary N) is 2. The van der Waals surface area contributed by atoms with E-state index in [1.807, 2.05) is 36.0 Å². The Labute approximate surface area is 130 Å². The van der Waals surface area contributed by atoms with E-state index in [4.69, 9.17) is 4.42 Å². The molecule has 2 N–H and O–H groups in total. The molecule has 0 fully saturated rings. The van der Waals surface area contributed by atoms with Crippen molar-refractivity contribution in [2.45, 2.75) is 0 Å². The minimum Gasteiger partial charge on any atom is -0.406 e. The third-order valence-electron chi connectivity index (χ3n) is 3.84. The molecule has 4 aromatic rings. The largest absolute Gasteiger partial charge is 0.417 e. The first-order valence-corrected chi connectivity index (χ1v) is 7.10. The fourth-order valence-corrected chi connectivity index (χ4v) is 2.69. The van der Waals surface area contributed by atoms with Gasteiger partial charge in [-0.2, -0.15) is 0 Å². The number of hydrogen-bond donors (Lipinski definition) is 2. The number of benzene rings is 2. The average molecular weight is 307 g/mol. The van der Waals surface area contributed by atoms with Crippen LogP contribution in [0.15, 0.2) is 57.9 Å². The van der Waals surface area contributed by atoms with Gasteiger partial charge in [-0.05, 0) is 36.4 Å². The highest BCUT2D eigenvalue weighted by Crippen LogP contribution is 2.22. The molecule has 0 saturated heterocycles. The maximum atomic E-state index is 12.5. The van der Waals surface area contributed by atoms with Gasteiger partial charge in [-0.25, -0.2) is 4.79 Å². The maximum absolute atomic E-state index is 12.5. The molecule has 0 bridgehead atoms. The number of carbonyl (C=O) groups excluding carboxylic acids is 1. The monoisotopic (exact) mass is 307 g/mol. The molecule has 1 amide bonds. The van der Waals surface area contributed by atoms with Crippen LogP contribution < -0.4 is 11.1 Å². The Morgan fingerprint density at radius 1 is 1.22 bits per heavy atom. The van der Waals surface area contributed by atoms with Crippen LogP contribution in [0.25, 0.3) is 22.0 Å². The van der Waals surface area contributed by atoms with E-state index in [9.17, 15) is 9.59 Å². The summed E-state index contributed by atoms with van der Waals surface area (Å²) in [6, 6.07) is 12.6. The minimum absolute atomic E-state index is 0.257. The molecule has 0 radical (unpaired) electrons. The van der Waals surface area contributed by atoms with E-state index in [1.54, 1.807) is 24.3 Å². The van der Waals surface area contributed by atoms with Crippen LogP contribution in [0.2, 0.25) is 0 Å². The maximum Gasteiger partial charge on any atom is 0.417 e. The number of nitrogens with zero attached hydrogens (tertiary/aromatic N) is 1. The quantitative estimate of drug-likeness (QED) is 0.597. The summed E-state index contributed by atoms with van der Waals surface area (Å²) in [5.41, 5.74) is 2.94. The minimum atomic E-state index is -0.549. The van der Waals surface area contributed by atoms with E-state index in [2.05, 4.69) is 10.3 Å². The number of rotatable bonds is 2. The molecule has 0 unspecified atom stereocenters. The van der Waals surface area contributed by atoms with E-state index in [-0.39, 0.29) is 5.91 Å². The van der Waals surface area contributed by atoms with Gasteiger partial charge < -0.3 is 14.3 Å². The number of para-hydroxylation sites is 1. The molecule has 6 nitrogen and oxygen atoms in total. The number of aromatic nitrogens is 2. The Hall–Kier alpha value is -3.28. The van der Waals surface area contributed by atoms with Crippen molar-refractivity contribution in [3.8, 4) is 0 Å². The number of aryl methyl sites for hydroxylation is 1. The van der Waals surface area contributed by atoms with Gasteiger partial charge in [0.1, 0.15) is 0 Å². The van der Waals surface area contributed by atoms with Gasteiger partial charge in [0.05, 0.1) is 11.2 Å². The van der Waals surface area contributed by atoms with E-state index in [1.165, 1.54) is 0 Å². The molecule has 23 heavy (non-hydrogen) atoms. The lowest BCUT2D eigenvalue weighted by atomic mass is 10.1. The van der Waals surface area contributed by atoms with Gasteiger partial charge >= 0.3 is 5.76 Å². The second kappa shape index (κ2) is 4.88. The number of amides is 1. The molecule has 0 aliphatic rings. The number of aromatic amines is 1. The summed E-state index contributed by atoms with van der Waals surface area (Å²) < 4.78 is 7.07. The number of oxazole rings is 1. The van der Waals surface area contributed by atoms with Crippen molar-refractivity contribution in [1.29, 1.82) is 0 Å². The standard InChI is InChI=1S/C17H13N3O3/c1-20-8-7-10-9-11(5-6-14(10)20)16(21)18-12-3-2-4-13-15(12)23-17(22)19-13/h2-9H,1H3,(H,18,21)(H,19,22). The Morgan fingerprint density at radius 3 is 2.96 bits per heavy atom. The number of carbonyl (C=O) groups is 1. The Balaban J connectivity index is 1.71. The van der Waals surface area contributed by atoms with Crippen molar-refractivity contribution in [3.05, 3.63) is 64.8 Å². The van der Waals surface area contributed by atoms with Gasteiger partial charge in [0.15, 0.2) is 5.58 Å². The average Bonchev–Trinajstić information content (AvgIpc) is 3.10. The third-order valence-corrected chi connectivity index (χ3v) is 3.84. The van der Waals surface area contributed by atoms with Gasteiger partial charge in [0.25, 0.3) is 5.91 Å². The Morgan fingerprint density at radius 2 is 2.09 bits per heavy atom. The summed E-state index contributed by atoms with van der Waals surface area (Å²) in [6.45, 7) is 0. The zero-order valence-corrected chi connectivity index (χ0v) is 12.3. The highest BCUT2D eigenvalue weighted by Gasteiger charge is 2.12. The summed E-state index contributed by atoms with van der Waals surface area (Å²) in [4.78, 5) is 26.3. The Kier molecular flexibility index (Phi) is 2.84. The topological polar surface area (TPSA) is 80.0 Å². The molecular formula is C17H13N3O3. The van der Waals surface area contributed by atoms with Gasteiger partial charge in [-0.15, -0.1) is 0 Å². The van der Waals surface area contributed by atoms with Crippen molar-refractivity contribution in [2.24, 2.45) is 7.05 Å². The summed E-state index contributed by atoms with van der Waals surface area (Å²) in [6.07, 6.45) is 1.95. The van der Waals surface area contributed by atoms with Crippen molar-refractivity contribution >= 4 is 33.6 Å². The summed E-state index contributed by atoms with van der Waals surface area (Å²) in [7, 11) is 1.96. The molecule has 0 saturated carbocycles. The summed E-state index contributed by atoms with van der Waals surface area (Å²) >= 11 is 0. The first-order valence-electron chi connectivity index (χ1n) is 7.10. The highest BCUT2D eigenvalue weighted by molar-refractivity contribution is 6.09. The molecule has 2 aromatic carbocycles. The normalized spacial score (nSPS) is 11.2. The Bertz CT molecular complexity index is 1100. The van der Waals surface area contributed by atoms with Gasteiger partial charge in [-0.3, -0.25) is 9.78 Å². The predicted octanol–water partition coefficient (Wildman–Crippen LogP) is 2.87. The smallest absolute Gasteiger partial charge is 0.406 e. The zero-order chi connectivity index (χ0) is 16.0. The van der Waals surface area contributed by atoms with Crippen LogP contribution in [-0.2, 0) is 7.05 Å². The molecule has 114 valence electrons. The van der Waals surface area contributed by atoms with E-state index in [0.29, 0.717) is 22.4 Å². The lowest BCUT2D eigenvalue weighted by Gasteiger charge is -2.06. The van der Waals surface area contributed by atoms with Crippen molar-refractivity contribution < 1.29 is 9.21 Å². The van der Waals surface area contributed by atoms with Crippen molar-refractivity contribution in [2.75, 3.05) is 5.32 Å². The van der Waals surface area contributed by atoms with Crippen LogP contribution in [0.1, 0.15) is 10.4 Å². The molecule has 6 heteroatoms. The number of fused-ring (bicyclic) bond motifs is 2. The molecule has 0 atom stereocenters. The second-order valence-corrected chi connectivity index (χ2v) is 5.35. The molecule has 2 heterocycles. The lowest BCUT2D eigenvalue weighted by molar-refractivity contribution is 0.102. The van der Waals surface area contributed by atoms with E-state index in [0.717, 1.165) is 10.9 Å². The lowest BCUT2D eigenvalue weighted by Crippen LogP contribution is -2.11. The number of anilines is 1. The summed E-state index contributed by atoms with van der Waals surface area (Å²) in [5.74, 6) is -0.806. The van der Waals surface area contributed by atoms with Crippen LogP contribution in [0, 0.1) is 0 Å². The fraction of sp³-hybridized carbons (Fsp3) is 0.0588. The first kappa shape index (κ1) is 13.4. The fourth-order valence-electron chi connectivity index (χ4n) is 2.69. The van der Waals surface area contributed by atoms with Crippen LogP contribution in [-0.4, -0.2) is 15.5 Å². The van der Waals surface area contributed by atoms with Crippen molar-refractivity contribution in [3.63, 3.8) is 0 Å². The van der Waals surface area contributed by atoms with Gasteiger partial charge in [0.2, 0.25) is 0 Å². The number of hydrogen-bond acceptors (Lipinski definition) is 3. The number of H-pyrrole nitrogens is 1. The second-order valence-electron chi connectivity index (χ2n) is 5.35. The van der Waals surface area contributed by atoms with Crippen LogP contribution in [0.4, 0.5) is 5.69 Å². The summed E-state index contributed by atoms with van der Waals surface area (Å²) in [5, 5.41) is 3.78. The predicted molar refractivity (Wildman–Crippen MR) is 87.7 cm³/mol. The third kappa shape index (κ3) is 2.20. The first-order chi connectivity index (χ1) is 11.1. The SMILES string of the molecule is Cn1ccc2cc(C(=O)Nc3cccc4[nH]c(=O)oc34)ccc21. The van der Waals surface area contributed by atoms with E-state index >= 15 is 0 Å². The molecule has 4 rings (SSSR count). The van der Waals surface area contributed by atoms with E-state index < -0.39 is 5.76 Å². The van der Waals surface area contributed by atoms with Gasteiger partial charge in [0, 0.05) is 29.7 Å². The molecule has 0 aliphatic heterocycles. The van der Waals surface area contributed by atoms with Crippen LogP contribution >= 0.6 is 0 Å². The highest BCUT2D eigenvalue weighted by atomic mass is 16.4. The molecule has 0 aliphatic carbocycles. The molecule has 0 spiro atoms.